The molecule has 0 aliphatic rings. The molecule has 1 unspecified atom stereocenters. The van der Waals surface area contributed by atoms with Crippen LogP contribution < -0.4 is 5.32 Å². The average molecular weight is 293 g/mol. The van der Waals surface area contributed by atoms with E-state index in [0.29, 0.717) is 5.56 Å². The van der Waals surface area contributed by atoms with Crippen LogP contribution in [0.2, 0.25) is 0 Å². The molecular weight excluding hydrogens is 279 g/mol. The molecule has 2 N–H and O–H groups in total. The normalized spacial score (nSPS) is 13.6. The van der Waals surface area contributed by atoms with Gasteiger partial charge in [-0.05, 0) is 43.3 Å². The number of carboxylic acids is 1. The van der Waals surface area contributed by atoms with Crippen molar-refractivity contribution in [3.05, 3.63) is 29.8 Å². The van der Waals surface area contributed by atoms with E-state index in [9.17, 15) is 18.0 Å². The summed E-state index contributed by atoms with van der Waals surface area (Å²) in [6, 6.07) is 4.34. The summed E-state index contributed by atoms with van der Waals surface area (Å²) in [4.78, 5) is 11.1. The molecule has 1 aromatic carbocycles. The Labute approximate surface area is 113 Å². The number of hydrogen-bond donors (Lipinski definition) is 2. The highest BCUT2D eigenvalue weighted by molar-refractivity contribution is 8.00. The summed E-state index contributed by atoms with van der Waals surface area (Å²) in [5.41, 5.74) is -3.92. The van der Waals surface area contributed by atoms with Crippen molar-refractivity contribution in [2.45, 2.75) is 36.3 Å². The van der Waals surface area contributed by atoms with Gasteiger partial charge in [-0.3, -0.25) is 10.1 Å². The van der Waals surface area contributed by atoms with Crippen LogP contribution in [0.4, 0.5) is 13.2 Å². The second-order valence-corrected chi connectivity index (χ2v) is 5.35. The number of thioether (sulfide) groups is 1. The van der Waals surface area contributed by atoms with Gasteiger partial charge >= 0.3 is 11.5 Å². The van der Waals surface area contributed by atoms with Gasteiger partial charge < -0.3 is 5.11 Å². The van der Waals surface area contributed by atoms with E-state index in [0.717, 1.165) is 0 Å². The predicted molar refractivity (Wildman–Crippen MR) is 67.0 cm³/mol. The quantitative estimate of drug-likeness (QED) is 0.817. The fourth-order valence-corrected chi connectivity index (χ4v) is 2.04. The molecule has 0 amide bonds. The molecule has 0 radical (unpaired) electrons. The van der Waals surface area contributed by atoms with Gasteiger partial charge in [0.25, 0.3) is 0 Å². The Morgan fingerprint density at radius 3 is 2.16 bits per heavy atom. The molecule has 19 heavy (non-hydrogen) atoms. The number of halogens is 3. The molecule has 0 aliphatic carbocycles. The molecule has 7 heteroatoms. The Morgan fingerprint density at radius 2 is 1.79 bits per heavy atom. The van der Waals surface area contributed by atoms with E-state index in [2.05, 4.69) is 5.32 Å². The van der Waals surface area contributed by atoms with Gasteiger partial charge in [0.15, 0.2) is 0 Å². The average Bonchev–Trinajstić information content (AvgIpc) is 2.24. The highest BCUT2D eigenvalue weighted by atomic mass is 32.2. The van der Waals surface area contributed by atoms with E-state index in [1.807, 2.05) is 0 Å². The van der Waals surface area contributed by atoms with Gasteiger partial charge in [0.05, 0.1) is 0 Å². The van der Waals surface area contributed by atoms with Gasteiger partial charge in [-0.25, -0.2) is 0 Å². The van der Waals surface area contributed by atoms with Gasteiger partial charge in [-0.1, -0.05) is 12.1 Å². The highest BCUT2D eigenvalue weighted by Gasteiger charge is 2.29. The third kappa shape index (κ3) is 5.52. The number of rotatable bonds is 5. The number of nitrogens with one attached hydrogen (secondary N) is 1. The smallest absolute Gasteiger partial charge is 0.446 e. The van der Waals surface area contributed by atoms with Crippen LogP contribution in [-0.4, -0.2) is 22.6 Å². The summed E-state index contributed by atoms with van der Waals surface area (Å²) in [7, 11) is 0. The second-order valence-electron chi connectivity index (χ2n) is 4.21. The summed E-state index contributed by atoms with van der Waals surface area (Å²) in [5.74, 6) is -1.06. The number of alkyl halides is 3. The molecule has 106 valence electrons. The van der Waals surface area contributed by atoms with Crippen molar-refractivity contribution in [1.82, 2.24) is 5.32 Å². The highest BCUT2D eigenvalue weighted by Crippen LogP contribution is 2.37. The predicted octanol–water partition coefficient (Wildman–Crippen LogP) is 3.42. The molecule has 3 nitrogen and oxygen atoms in total. The third-order valence-electron chi connectivity index (χ3n) is 2.19. The van der Waals surface area contributed by atoms with Gasteiger partial charge in [0.2, 0.25) is 0 Å². The summed E-state index contributed by atoms with van der Waals surface area (Å²) >= 11 is -0.224. The Bertz CT molecular complexity index is 432. The van der Waals surface area contributed by atoms with E-state index in [-0.39, 0.29) is 22.7 Å². The minimum absolute atomic E-state index is 0.0323. The third-order valence-corrected chi connectivity index (χ3v) is 2.93. The van der Waals surface area contributed by atoms with Crippen LogP contribution in [0, 0.1) is 0 Å². The number of carbonyl (C=O) groups is 1. The lowest BCUT2D eigenvalue weighted by atomic mass is 10.1. The first-order valence-corrected chi connectivity index (χ1v) is 6.35. The molecular formula is C12H14F3NO2S. The van der Waals surface area contributed by atoms with Crippen molar-refractivity contribution in [3.8, 4) is 0 Å². The lowest BCUT2D eigenvalue weighted by Gasteiger charge is -2.18. The van der Waals surface area contributed by atoms with Gasteiger partial charge in [0, 0.05) is 10.9 Å². The molecule has 1 rings (SSSR count). The Hall–Kier alpha value is -1.21. The Balaban J connectivity index is 2.86. The zero-order valence-corrected chi connectivity index (χ0v) is 11.2. The Morgan fingerprint density at radius 1 is 1.26 bits per heavy atom. The van der Waals surface area contributed by atoms with E-state index in [4.69, 9.17) is 5.11 Å². The van der Waals surface area contributed by atoms with E-state index in [1.54, 1.807) is 13.8 Å². The maximum absolute atomic E-state index is 12.2. The zero-order chi connectivity index (χ0) is 14.6. The van der Waals surface area contributed by atoms with Crippen LogP contribution in [0.25, 0.3) is 0 Å². The monoisotopic (exact) mass is 293 g/mol. The summed E-state index contributed by atoms with van der Waals surface area (Å²) < 4.78 is 36.5. The van der Waals surface area contributed by atoms with Crippen molar-refractivity contribution in [2.24, 2.45) is 0 Å². The fourth-order valence-electron chi connectivity index (χ4n) is 1.51. The van der Waals surface area contributed by atoms with Crippen molar-refractivity contribution in [3.63, 3.8) is 0 Å². The lowest BCUT2D eigenvalue weighted by Crippen LogP contribution is -2.33. The van der Waals surface area contributed by atoms with E-state index in [1.165, 1.54) is 24.3 Å². The summed E-state index contributed by atoms with van der Waals surface area (Å²) in [6.07, 6.45) is 0. The zero-order valence-electron chi connectivity index (χ0n) is 10.4. The standard InChI is InChI=1S/C12H14F3NO2S/c1-7(2)16-10(11(17)18)8-3-5-9(6-4-8)19-12(13,14)15/h3-7,10,16H,1-2H3,(H,17,18). The molecule has 0 aliphatic heterocycles. The number of aliphatic carboxylic acids is 1. The van der Waals surface area contributed by atoms with Gasteiger partial charge in [0.1, 0.15) is 6.04 Å². The SMILES string of the molecule is CC(C)NC(C(=O)O)c1ccc(SC(F)(F)F)cc1. The van der Waals surface area contributed by atoms with E-state index >= 15 is 0 Å². The van der Waals surface area contributed by atoms with Crippen molar-refractivity contribution >= 4 is 17.7 Å². The van der Waals surface area contributed by atoms with Crippen LogP contribution in [-0.2, 0) is 4.79 Å². The maximum Gasteiger partial charge on any atom is 0.446 e. The van der Waals surface area contributed by atoms with Crippen LogP contribution in [0.5, 0.6) is 0 Å². The van der Waals surface area contributed by atoms with E-state index < -0.39 is 17.5 Å². The van der Waals surface area contributed by atoms with Crippen LogP contribution in [0.3, 0.4) is 0 Å². The molecule has 1 aromatic rings. The molecule has 0 fully saturated rings. The summed E-state index contributed by atoms with van der Waals surface area (Å²) in [6.45, 7) is 3.59. The lowest BCUT2D eigenvalue weighted by molar-refractivity contribution is -0.139. The first kappa shape index (κ1) is 15.8. The number of carboxylic acid groups (broad SMARTS) is 1. The Kier molecular flexibility index (Phi) is 5.25. The molecule has 0 spiro atoms. The minimum Gasteiger partial charge on any atom is -0.480 e. The summed E-state index contributed by atoms with van der Waals surface area (Å²) in [5, 5.41) is 11.9. The van der Waals surface area contributed by atoms with Crippen LogP contribution >= 0.6 is 11.8 Å². The van der Waals surface area contributed by atoms with Crippen molar-refractivity contribution < 1.29 is 23.1 Å². The molecule has 1 atom stereocenters. The first-order chi connectivity index (χ1) is 8.69. The topological polar surface area (TPSA) is 49.3 Å². The molecule has 0 saturated heterocycles. The van der Waals surface area contributed by atoms with Crippen molar-refractivity contribution in [1.29, 1.82) is 0 Å². The molecule has 0 heterocycles. The molecule has 0 aromatic heterocycles. The number of benzene rings is 1. The largest absolute Gasteiger partial charge is 0.480 e. The second kappa shape index (κ2) is 6.29. The van der Waals surface area contributed by atoms with Gasteiger partial charge in [-0.2, -0.15) is 13.2 Å². The minimum atomic E-state index is -4.34. The van der Waals surface area contributed by atoms with Crippen LogP contribution in [0.1, 0.15) is 25.5 Å². The fraction of sp³-hybridized carbons (Fsp3) is 0.417. The molecule has 0 bridgehead atoms. The number of hydrogen-bond acceptors (Lipinski definition) is 3. The van der Waals surface area contributed by atoms with Gasteiger partial charge in [-0.15, -0.1) is 0 Å². The maximum atomic E-state index is 12.2. The first-order valence-electron chi connectivity index (χ1n) is 5.53. The van der Waals surface area contributed by atoms with Crippen LogP contribution in [0.15, 0.2) is 29.2 Å². The molecule has 0 saturated carbocycles. The van der Waals surface area contributed by atoms with Crippen molar-refractivity contribution in [2.75, 3.05) is 0 Å².